The molecule has 0 bridgehead atoms. The summed E-state index contributed by atoms with van der Waals surface area (Å²) in [5, 5.41) is 13.7. The number of alkyl halides is 3. The fraction of sp³-hybridized carbons (Fsp3) is 0.421. The summed E-state index contributed by atoms with van der Waals surface area (Å²) in [5.74, 6) is -1.52. The Balaban J connectivity index is 1.82. The van der Waals surface area contributed by atoms with E-state index >= 15 is 0 Å². The molecular weight excluding hydrogens is 375 g/mol. The zero-order valence-electron chi connectivity index (χ0n) is 15.4. The van der Waals surface area contributed by atoms with Crippen molar-refractivity contribution in [3.05, 3.63) is 47.8 Å². The number of hydrogen-bond donors (Lipinski definition) is 1. The quantitative estimate of drug-likeness (QED) is 0.860. The highest BCUT2D eigenvalue weighted by molar-refractivity contribution is 5.93. The summed E-state index contributed by atoms with van der Waals surface area (Å²) in [6, 6.07) is 6.05. The summed E-state index contributed by atoms with van der Waals surface area (Å²) in [6.45, 7) is 3.99. The van der Waals surface area contributed by atoms with Crippen molar-refractivity contribution < 1.29 is 27.9 Å². The summed E-state index contributed by atoms with van der Waals surface area (Å²) in [4.78, 5) is 25.9. The number of rotatable bonds is 4. The van der Waals surface area contributed by atoms with E-state index in [4.69, 9.17) is 0 Å². The molecule has 0 aliphatic carbocycles. The molecule has 6 nitrogen and oxygen atoms in total. The lowest BCUT2D eigenvalue weighted by atomic mass is 9.76. The molecule has 1 atom stereocenters. The van der Waals surface area contributed by atoms with Gasteiger partial charge in [0, 0.05) is 19.3 Å². The van der Waals surface area contributed by atoms with Crippen LogP contribution in [0.15, 0.2) is 36.5 Å². The van der Waals surface area contributed by atoms with Gasteiger partial charge in [-0.1, -0.05) is 19.9 Å². The van der Waals surface area contributed by atoms with Gasteiger partial charge in [0.1, 0.15) is 0 Å². The van der Waals surface area contributed by atoms with Gasteiger partial charge in [0.15, 0.2) is 5.69 Å². The molecule has 2 heterocycles. The summed E-state index contributed by atoms with van der Waals surface area (Å²) >= 11 is 0. The number of aromatic nitrogens is 2. The third-order valence-electron chi connectivity index (χ3n) is 5.37. The SMILES string of the molecule is CC(C)C1(C(=O)O)CCN(C(=O)c2ccn(-c3cccc(C(F)(F)F)c3)n2)C1. The van der Waals surface area contributed by atoms with E-state index in [0.29, 0.717) is 13.0 Å². The Kier molecular flexibility index (Phi) is 4.95. The third-order valence-corrected chi connectivity index (χ3v) is 5.37. The van der Waals surface area contributed by atoms with E-state index < -0.39 is 29.0 Å². The minimum atomic E-state index is -4.48. The maximum atomic E-state index is 12.9. The number of likely N-dealkylation sites (tertiary alicyclic amines) is 1. The third kappa shape index (κ3) is 3.48. The van der Waals surface area contributed by atoms with Crippen LogP contribution in [0.2, 0.25) is 0 Å². The topological polar surface area (TPSA) is 75.4 Å². The molecule has 0 saturated carbocycles. The number of carbonyl (C=O) groups is 2. The second kappa shape index (κ2) is 6.96. The van der Waals surface area contributed by atoms with Gasteiger partial charge >= 0.3 is 12.1 Å². The fourth-order valence-corrected chi connectivity index (χ4v) is 3.47. The van der Waals surface area contributed by atoms with Crippen molar-refractivity contribution in [3.63, 3.8) is 0 Å². The predicted molar refractivity (Wildman–Crippen MR) is 94.0 cm³/mol. The highest BCUT2D eigenvalue weighted by atomic mass is 19.4. The molecule has 1 fully saturated rings. The van der Waals surface area contributed by atoms with Crippen molar-refractivity contribution in [2.45, 2.75) is 26.4 Å². The van der Waals surface area contributed by atoms with E-state index in [1.165, 1.54) is 34.0 Å². The van der Waals surface area contributed by atoms with Gasteiger partial charge in [-0.05, 0) is 36.6 Å². The molecular formula is C19H20F3N3O3. The maximum Gasteiger partial charge on any atom is 0.416 e. The fourth-order valence-electron chi connectivity index (χ4n) is 3.47. The Morgan fingerprint density at radius 3 is 2.54 bits per heavy atom. The van der Waals surface area contributed by atoms with E-state index in [2.05, 4.69) is 5.10 Å². The number of carboxylic acids is 1. The van der Waals surface area contributed by atoms with E-state index in [9.17, 15) is 27.9 Å². The second-order valence-electron chi connectivity index (χ2n) is 7.29. The molecule has 1 aliphatic heterocycles. The predicted octanol–water partition coefficient (Wildman–Crippen LogP) is 3.46. The first kappa shape index (κ1) is 19.9. The summed E-state index contributed by atoms with van der Waals surface area (Å²) in [5.41, 5.74) is -1.57. The lowest BCUT2D eigenvalue weighted by Crippen LogP contribution is -2.40. The van der Waals surface area contributed by atoms with E-state index in [-0.39, 0.29) is 23.8 Å². The molecule has 9 heteroatoms. The number of carboxylic acid groups (broad SMARTS) is 1. The molecule has 1 saturated heterocycles. The van der Waals surface area contributed by atoms with Gasteiger partial charge in [-0.15, -0.1) is 0 Å². The zero-order chi connectivity index (χ0) is 20.7. The number of aliphatic carboxylic acids is 1. The van der Waals surface area contributed by atoms with Crippen molar-refractivity contribution >= 4 is 11.9 Å². The van der Waals surface area contributed by atoms with Crippen LogP contribution < -0.4 is 0 Å². The molecule has 28 heavy (non-hydrogen) atoms. The molecule has 1 aromatic carbocycles. The first-order valence-electron chi connectivity index (χ1n) is 8.80. The van der Waals surface area contributed by atoms with Gasteiger partial charge in [-0.25, -0.2) is 4.68 Å². The first-order valence-corrected chi connectivity index (χ1v) is 8.80. The number of carbonyl (C=O) groups excluding carboxylic acids is 1. The largest absolute Gasteiger partial charge is 0.481 e. The minimum Gasteiger partial charge on any atom is -0.481 e. The zero-order valence-corrected chi connectivity index (χ0v) is 15.4. The van der Waals surface area contributed by atoms with Gasteiger partial charge in [0.05, 0.1) is 16.7 Å². The normalized spacial score (nSPS) is 20.0. The Hall–Kier alpha value is -2.84. The van der Waals surface area contributed by atoms with Gasteiger partial charge in [-0.3, -0.25) is 9.59 Å². The highest BCUT2D eigenvalue weighted by Crippen LogP contribution is 2.38. The number of halogens is 3. The number of benzene rings is 1. The average Bonchev–Trinajstić information content (AvgIpc) is 3.29. The Morgan fingerprint density at radius 1 is 1.25 bits per heavy atom. The molecule has 3 rings (SSSR count). The van der Waals surface area contributed by atoms with E-state index in [0.717, 1.165) is 12.1 Å². The number of nitrogens with zero attached hydrogens (tertiary/aromatic N) is 3. The lowest BCUT2D eigenvalue weighted by Gasteiger charge is -2.28. The van der Waals surface area contributed by atoms with Gasteiger partial charge in [-0.2, -0.15) is 18.3 Å². The molecule has 1 unspecified atom stereocenters. The van der Waals surface area contributed by atoms with Gasteiger partial charge in [0.2, 0.25) is 0 Å². The van der Waals surface area contributed by atoms with Crippen molar-refractivity contribution in [1.82, 2.24) is 14.7 Å². The molecule has 150 valence electrons. The van der Waals surface area contributed by atoms with Gasteiger partial charge < -0.3 is 10.0 Å². The average molecular weight is 395 g/mol. The standard InChI is InChI=1S/C19H20F3N3O3/c1-12(2)18(17(27)28)7-9-24(11-18)16(26)15-6-8-25(23-15)14-5-3-4-13(10-14)19(20,21)22/h3-6,8,10,12H,7,9,11H2,1-2H3,(H,27,28). The molecule has 0 spiro atoms. The Labute approximate surface area is 159 Å². The van der Waals surface area contributed by atoms with Crippen LogP contribution in [0.1, 0.15) is 36.3 Å². The van der Waals surface area contributed by atoms with Crippen molar-refractivity contribution in [1.29, 1.82) is 0 Å². The van der Waals surface area contributed by atoms with Crippen LogP contribution in [-0.2, 0) is 11.0 Å². The van der Waals surface area contributed by atoms with E-state index in [1.807, 2.05) is 13.8 Å². The monoisotopic (exact) mass is 395 g/mol. The molecule has 1 N–H and O–H groups in total. The van der Waals surface area contributed by atoms with Crippen LogP contribution in [-0.4, -0.2) is 44.8 Å². The van der Waals surface area contributed by atoms with Crippen LogP contribution in [0.4, 0.5) is 13.2 Å². The van der Waals surface area contributed by atoms with Crippen molar-refractivity contribution in [2.24, 2.45) is 11.3 Å². The molecule has 2 aromatic rings. The first-order chi connectivity index (χ1) is 13.0. The van der Waals surface area contributed by atoms with E-state index in [1.54, 1.807) is 0 Å². The van der Waals surface area contributed by atoms with Crippen LogP contribution >= 0.6 is 0 Å². The van der Waals surface area contributed by atoms with Crippen molar-refractivity contribution in [3.8, 4) is 5.69 Å². The Morgan fingerprint density at radius 2 is 1.96 bits per heavy atom. The number of amides is 1. The summed E-state index contributed by atoms with van der Waals surface area (Å²) in [6.07, 6.45) is -2.72. The molecule has 1 aliphatic rings. The second-order valence-corrected chi connectivity index (χ2v) is 7.29. The Bertz CT molecular complexity index is 907. The number of hydrogen-bond acceptors (Lipinski definition) is 3. The smallest absolute Gasteiger partial charge is 0.416 e. The summed E-state index contributed by atoms with van der Waals surface area (Å²) in [7, 11) is 0. The van der Waals surface area contributed by atoms with Crippen LogP contribution in [0.25, 0.3) is 5.69 Å². The minimum absolute atomic E-state index is 0.0577. The molecule has 1 aromatic heterocycles. The van der Waals surface area contributed by atoms with Crippen molar-refractivity contribution in [2.75, 3.05) is 13.1 Å². The van der Waals surface area contributed by atoms with Crippen LogP contribution in [0, 0.1) is 11.3 Å². The molecule has 0 radical (unpaired) electrons. The van der Waals surface area contributed by atoms with Crippen LogP contribution in [0.5, 0.6) is 0 Å². The lowest BCUT2D eigenvalue weighted by molar-refractivity contribution is -0.150. The molecule has 1 amide bonds. The van der Waals surface area contributed by atoms with Gasteiger partial charge in [0.25, 0.3) is 5.91 Å². The summed E-state index contributed by atoms with van der Waals surface area (Å²) < 4.78 is 39.9. The van der Waals surface area contributed by atoms with Crippen LogP contribution in [0.3, 0.4) is 0 Å². The highest BCUT2D eigenvalue weighted by Gasteiger charge is 2.48. The maximum absolute atomic E-state index is 12.9.